The summed E-state index contributed by atoms with van der Waals surface area (Å²) in [6.07, 6.45) is 0. The number of hydrogen-bond acceptors (Lipinski definition) is 8. The van der Waals surface area contributed by atoms with E-state index in [1.165, 1.54) is 0 Å². The summed E-state index contributed by atoms with van der Waals surface area (Å²) in [5, 5.41) is 17.3. The molecule has 0 N–H and O–H groups in total. The van der Waals surface area contributed by atoms with Crippen LogP contribution in [0.2, 0.25) is 0 Å². The number of rotatable bonds is 6. The third-order valence-electron chi connectivity index (χ3n) is 12.1. The number of ether oxygens (including phenoxy) is 2. The predicted molar refractivity (Wildman–Crippen MR) is 258 cm³/mol. The fourth-order valence-electron chi connectivity index (χ4n) is 9.05. The number of aryl methyl sites for hydroxylation is 1. The van der Waals surface area contributed by atoms with Gasteiger partial charge in [0.2, 0.25) is 0 Å². The number of thiophene rings is 1. The monoisotopic (exact) mass is 841 g/mol. The van der Waals surface area contributed by atoms with Crippen LogP contribution in [-0.4, -0.2) is 9.97 Å². The van der Waals surface area contributed by atoms with Gasteiger partial charge in [-0.25, -0.2) is 9.97 Å². The molecule has 4 aromatic heterocycles. The first kappa shape index (κ1) is 36.2. The van der Waals surface area contributed by atoms with Crippen LogP contribution in [0.1, 0.15) is 11.1 Å². The lowest BCUT2D eigenvalue weighted by Gasteiger charge is -2.14. The van der Waals surface area contributed by atoms with Gasteiger partial charge in [-0.1, -0.05) is 78.4 Å². The molecule has 0 fully saturated rings. The molecule has 7 nitrogen and oxygen atoms in total. The van der Waals surface area contributed by atoms with E-state index in [-0.39, 0.29) is 0 Å². The quantitative estimate of drug-likeness (QED) is 0.154. The number of nitriles is 1. The Kier molecular flexibility index (Phi) is 7.92. The maximum Gasteiger partial charge on any atom is 0.144 e. The fourth-order valence-corrected chi connectivity index (χ4v) is 10.3. The maximum atomic E-state index is 9.38. The van der Waals surface area contributed by atoms with Crippen molar-refractivity contribution in [2.45, 2.75) is 6.92 Å². The standard InChI is InChI=1S/C56H31N3O4S/c1-31-16-20-33(21-17-31)60-35-24-26-39-45(28-35)46-29-36(61-34-22-18-32(30-57)19-23-34)25-27-40(46)50-49(39)58-51-52(59-50)56(44-13-7-11-42-38-9-3-5-15-48(38)63-54(42)44)64-55(51)43-12-6-10-41-37-8-2-4-14-47(37)62-53(41)43/h2-29H,1H3. The van der Waals surface area contributed by atoms with Gasteiger partial charge in [-0.2, -0.15) is 5.26 Å². The Morgan fingerprint density at radius 2 is 0.891 bits per heavy atom. The molecule has 0 aliphatic rings. The first-order valence-electron chi connectivity index (χ1n) is 20.9. The molecule has 0 amide bonds. The van der Waals surface area contributed by atoms with Crippen LogP contribution in [0, 0.1) is 18.3 Å². The molecule has 9 aromatic carbocycles. The van der Waals surface area contributed by atoms with Gasteiger partial charge in [0, 0.05) is 43.4 Å². The van der Waals surface area contributed by atoms with E-state index in [2.05, 4.69) is 79.7 Å². The number of fused-ring (bicyclic) bond motifs is 13. The summed E-state index contributed by atoms with van der Waals surface area (Å²) in [6.45, 7) is 2.06. The summed E-state index contributed by atoms with van der Waals surface area (Å²) < 4.78 is 26.2. The lowest BCUT2D eigenvalue weighted by Crippen LogP contribution is -1.93. The molecule has 300 valence electrons. The topological polar surface area (TPSA) is 94.3 Å². The zero-order valence-electron chi connectivity index (χ0n) is 34.0. The fraction of sp³-hybridized carbons (Fsp3) is 0.0179. The zero-order valence-corrected chi connectivity index (χ0v) is 34.9. The number of furan rings is 2. The molecule has 0 saturated carbocycles. The largest absolute Gasteiger partial charge is 0.457 e. The molecule has 64 heavy (non-hydrogen) atoms. The summed E-state index contributed by atoms with van der Waals surface area (Å²) in [6, 6.07) is 58.6. The highest BCUT2D eigenvalue weighted by Crippen LogP contribution is 2.50. The second-order valence-corrected chi connectivity index (χ2v) is 17.0. The molecule has 4 heterocycles. The molecule has 13 rings (SSSR count). The molecule has 0 unspecified atom stereocenters. The highest BCUT2D eigenvalue weighted by atomic mass is 32.1. The average Bonchev–Trinajstić information content (AvgIpc) is 4.04. The molecule has 0 bridgehead atoms. The minimum atomic E-state index is 0.566. The van der Waals surface area contributed by atoms with Crippen LogP contribution in [0.3, 0.4) is 0 Å². The summed E-state index contributed by atoms with van der Waals surface area (Å²) in [7, 11) is 0. The number of hydrogen-bond donors (Lipinski definition) is 0. The third-order valence-corrected chi connectivity index (χ3v) is 13.3. The number of aromatic nitrogens is 2. The van der Waals surface area contributed by atoms with Crippen molar-refractivity contribution in [1.82, 2.24) is 9.97 Å². The summed E-state index contributed by atoms with van der Waals surface area (Å²) >= 11 is 1.66. The number of benzene rings is 9. The summed E-state index contributed by atoms with van der Waals surface area (Å²) in [5.41, 5.74) is 9.95. The number of para-hydroxylation sites is 4. The van der Waals surface area contributed by atoms with Crippen LogP contribution in [0.4, 0.5) is 0 Å². The summed E-state index contributed by atoms with van der Waals surface area (Å²) in [5.74, 6) is 2.71. The second-order valence-electron chi connectivity index (χ2n) is 16.0. The van der Waals surface area contributed by atoms with Gasteiger partial charge in [-0.05, 0) is 115 Å². The van der Waals surface area contributed by atoms with Crippen LogP contribution < -0.4 is 9.47 Å². The van der Waals surface area contributed by atoms with Crippen LogP contribution >= 0.6 is 11.3 Å². The van der Waals surface area contributed by atoms with Crippen molar-refractivity contribution >= 4 is 98.8 Å². The Labute approximate surface area is 368 Å². The second kappa shape index (κ2) is 14.0. The molecule has 0 saturated heterocycles. The van der Waals surface area contributed by atoms with Crippen LogP contribution in [-0.2, 0) is 0 Å². The van der Waals surface area contributed by atoms with Crippen molar-refractivity contribution < 1.29 is 18.3 Å². The van der Waals surface area contributed by atoms with Gasteiger partial charge in [0.05, 0.1) is 32.4 Å². The Hall–Kier alpha value is -8.51. The molecule has 0 aliphatic carbocycles. The first-order chi connectivity index (χ1) is 31.5. The van der Waals surface area contributed by atoms with E-state index in [1.54, 1.807) is 35.6 Å². The molecular weight excluding hydrogens is 811 g/mol. The molecule has 0 spiro atoms. The smallest absolute Gasteiger partial charge is 0.144 e. The van der Waals surface area contributed by atoms with Gasteiger partial charge >= 0.3 is 0 Å². The first-order valence-corrected chi connectivity index (χ1v) is 21.7. The normalized spacial score (nSPS) is 11.8. The van der Waals surface area contributed by atoms with Gasteiger partial charge in [-0.15, -0.1) is 11.3 Å². The van der Waals surface area contributed by atoms with E-state index >= 15 is 0 Å². The Morgan fingerprint density at radius 3 is 1.39 bits per heavy atom. The molecule has 0 aliphatic heterocycles. The lowest BCUT2D eigenvalue weighted by atomic mass is 9.98. The van der Waals surface area contributed by atoms with Crippen LogP contribution in [0.5, 0.6) is 23.0 Å². The average molecular weight is 842 g/mol. The van der Waals surface area contributed by atoms with Crippen molar-refractivity contribution in [3.63, 3.8) is 0 Å². The highest BCUT2D eigenvalue weighted by molar-refractivity contribution is 7.21. The van der Waals surface area contributed by atoms with Crippen LogP contribution in [0.25, 0.3) is 108 Å². The van der Waals surface area contributed by atoms with Gasteiger partial charge < -0.3 is 18.3 Å². The van der Waals surface area contributed by atoms with Gasteiger partial charge in [0.1, 0.15) is 56.4 Å². The lowest BCUT2D eigenvalue weighted by molar-refractivity contribution is 0.482. The van der Waals surface area contributed by atoms with E-state index < -0.39 is 0 Å². The van der Waals surface area contributed by atoms with Crippen molar-refractivity contribution in [2.75, 3.05) is 0 Å². The predicted octanol–water partition coefficient (Wildman–Crippen LogP) is 16.0. The summed E-state index contributed by atoms with van der Waals surface area (Å²) in [4.78, 5) is 13.2. The zero-order chi connectivity index (χ0) is 42.5. The minimum absolute atomic E-state index is 0.566. The highest BCUT2D eigenvalue weighted by Gasteiger charge is 2.25. The molecule has 0 atom stereocenters. The van der Waals surface area contributed by atoms with Gasteiger partial charge in [-0.3, -0.25) is 0 Å². The van der Waals surface area contributed by atoms with Crippen molar-refractivity contribution in [1.29, 1.82) is 5.26 Å². The molecule has 0 radical (unpaired) electrons. The van der Waals surface area contributed by atoms with Crippen molar-refractivity contribution in [3.05, 3.63) is 181 Å². The Balaban J connectivity index is 1.11. The molecule has 8 heteroatoms. The Morgan fingerprint density at radius 1 is 0.438 bits per heavy atom. The van der Waals surface area contributed by atoms with Crippen molar-refractivity contribution in [2.24, 2.45) is 0 Å². The Bertz CT molecular complexity index is 4100. The maximum absolute atomic E-state index is 9.38. The number of nitrogens with zero attached hydrogens (tertiary/aromatic N) is 3. The van der Waals surface area contributed by atoms with E-state index in [9.17, 15) is 5.26 Å². The van der Waals surface area contributed by atoms with E-state index in [1.807, 2.05) is 78.9 Å². The molecular formula is C56H31N3O4S. The molecule has 13 aromatic rings. The minimum Gasteiger partial charge on any atom is -0.457 e. The van der Waals surface area contributed by atoms with Gasteiger partial charge in [0.25, 0.3) is 0 Å². The van der Waals surface area contributed by atoms with E-state index in [4.69, 9.17) is 28.3 Å². The SMILES string of the molecule is Cc1ccc(Oc2ccc3c(c2)c2cc(Oc4ccc(C#N)cc4)ccc2c2nc4c(-c5cccc6c5oc5ccccc56)sc(-c5cccc6c5oc5ccccc56)c4nc32)cc1. The van der Waals surface area contributed by atoms with Gasteiger partial charge in [0.15, 0.2) is 0 Å². The van der Waals surface area contributed by atoms with Crippen LogP contribution in [0.15, 0.2) is 179 Å². The third kappa shape index (κ3) is 5.65. The van der Waals surface area contributed by atoms with E-state index in [0.717, 1.165) is 120 Å². The van der Waals surface area contributed by atoms with E-state index in [0.29, 0.717) is 22.8 Å². The van der Waals surface area contributed by atoms with Crippen molar-refractivity contribution in [3.8, 4) is 49.9 Å².